The van der Waals surface area contributed by atoms with Crippen molar-refractivity contribution in [2.24, 2.45) is 5.41 Å². The third-order valence-electron chi connectivity index (χ3n) is 2.39. The van der Waals surface area contributed by atoms with Crippen LogP contribution in [0.15, 0.2) is 0 Å². The van der Waals surface area contributed by atoms with Gasteiger partial charge in [-0.25, -0.2) is 0 Å². The Morgan fingerprint density at radius 2 is 2.33 bits per heavy atom. The van der Waals surface area contributed by atoms with E-state index in [2.05, 4.69) is 0 Å². The van der Waals surface area contributed by atoms with Gasteiger partial charge in [-0.1, -0.05) is 0 Å². The van der Waals surface area contributed by atoms with Crippen LogP contribution in [0.1, 0.15) is 19.3 Å². The fourth-order valence-electron chi connectivity index (χ4n) is 1.38. The van der Waals surface area contributed by atoms with Crippen molar-refractivity contribution in [1.29, 1.82) is 0 Å². The predicted molar refractivity (Wildman–Crippen MR) is 33.0 cm³/mol. The molecule has 0 aliphatic heterocycles. The van der Waals surface area contributed by atoms with Gasteiger partial charge in [-0.2, -0.15) is 0 Å². The molecule has 2 aliphatic rings. The summed E-state index contributed by atoms with van der Waals surface area (Å²) in [4.78, 5) is 0. The van der Waals surface area contributed by atoms with E-state index in [-0.39, 0.29) is 0 Å². The highest BCUT2D eigenvalue weighted by Crippen LogP contribution is 2.67. The van der Waals surface area contributed by atoms with Gasteiger partial charge in [0.25, 0.3) is 0 Å². The molecule has 2 saturated carbocycles. The molecule has 0 aromatic carbocycles. The van der Waals surface area contributed by atoms with Gasteiger partial charge in [-0.15, -0.1) is 0 Å². The minimum absolute atomic E-state index is 0.479. The standard InChI is InChI=1S/C7H12O2/c1-8-5-9-6-4-7(6)2-3-7/h6H,2-5H2,1H3/t6-/m0/s1. The van der Waals surface area contributed by atoms with Crippen molar-refractivity contribution < 1.29 is 9.47 Å². The highest BCUT2D eigenvalue weighted by atomic mass is 16.7. The summed E-state index contributed by atoms with van der Waals surface area (Å²) in [5.74, 6) is 0. The van der Waals surface area contributed by atoms with Crippen LogP contribution in [0.5, 0.6) is 0 Å². The molecule has 0 heterocycles. The summed E-state index contributed by atoms with van der Waals surface area (Å²) in [5, 5.41) is 0. The summed E-state index contributed by atoms with van der Waals surface area (Å²) in [6.45, 7) is 0.479. The van der Waals surface area contributed by atoms with Crippen LogP contribution in [0.2, 0.25) is 0 Å². The number of hydrogen-bond donors (Lipinski definition) is 0. The molecule has 0 bridgehead atoms. The van der Waals surface area contributed by atoms with Crippen molar-refractivity contribution >= 4 is 0 Å². The first kappa shape index (κ1) is 5.69. The van der Waals surface area contributed by atoms with Gasteiger partial charge in [0.15, 0.2) is 0 Å². The Balaban J connectivity index is 1.67. The second kappa shape index (κ2) is 1.70. The van der Waals surface area contributed by atoms with E-state index in [1.807, 2.05) is 0 Å². The molecule has 52 valence electrons. The Labute approximate surface area is 55.1 Å². The Hall–Kier alpha value is -0.0800. The van der Waals surface area contributed by atoms with Gasteiger partial charge in [0, 0.05) is 7.11 Å². The predicted octanol–water partition coefficient (Wildman–Crippen LogP) is 1.16. The average Bonchev–Trinajstić information content (AvgIpc) is 2.72. The van der Waals surface area contributed by atoms with Gasteiger partial charge in [-0.05, 0) is 24.7 Å². The van der Waals surface area contributed by atoms with E-state index >= 15 is 0 Å². The molecule has 0 radical (unpaired) electrons. The summed E-state index contributed by atoms with van der Waals surface area (Å²) in [5.41, 5.74) is 0.665. The van der Waals surface area contributed by atoms with E-state index in [9.17, 15) is 0 Å². The Kier molecular flexibility index (Phi) is 1.08. The highest BCUT2D eigenvalue weighted by Gasteiger charge is 2.63. The molecular weight excluding hydrogens is 116 g/mol. The first-order valence-electron chi connectivity index (χ1n) is 3.48. The first-order chi connectivity index (χ1) is 4.37. The minimum Gasteiger partial charge on any atom is -0.359 e. The molecule has 0 unspecified atom stereocenters. The zero-order valence-corrected chi connectivity index (χ0v) is 5.72. The molecular formula is C7H12O2. The molecule has 1 atom stereocenters. The molecule has 2 nitrogen and oxygen atoms in total. The van der Waals surface area contributed by atoms with Gasteiger partial charge in [0.1, 0.15) is 6.79 Å². The maximum absolute atomic E-state index is 5.36. The Morgan fingerprint density at radius 3 is 2.78 bits per heavy atom. The van der Waals surface area contributed by atoms with Crippen LogP contribution in [0, 0.1) is 5.41 Å². The monoisotopic (exact) mass is 128 g/mol. The minimum atomic E-state index is 0.479. The zero-order valence-electron chi connectivity index (χ0n) is 5.72. The summed E-state index contributed by atoms with van der Waals surface area (Å²) in [6.07, 6.45) is 4.62. The molecule has 9 heavy (non-hydrogen) atoms. The lowest BCUT2D eigenvalue weighted by Crippen LogP contribution is -2.00. The van der Waals surface area contributed by atoms with Crippen molar-refractivity contribution in [3.63, 3.8) is 0 Å². The Morgan fingerprint density at radius 1 is 1.56 bits per heavy atom. The normalized spacial score (nSPS) is 35.0. The van der Waals surface area contributed by atoms with Gasteiger partial charge in [-0.3, -0.25) is 0 Å². The van der Waals surface area contributed by atoms with Crippen LogP contribution in [0.4, 0.5) is 0 Å². The number of rotatable bonds is 3. The van der Waals surface area contributed by atoms with Crippen LogP contribution in [-0.4, -0.2) is 20.0 Å². The molecule has 0 aromatic rings. The van der Waals surface area contributed by atoms with Crippen LogP contribution < -0.4 is 0 Å². The van der Waals surface area contributed by atoms with Crippen LogP contribution >= 0.6 is 0 Å². The van der Waals surface area contributed by atoms with E-state index < -0.39 is 0 Å². The highest BCUT2D eigenvalue weighted by molar-refractivity contribution is 5.14. The molecule has 2 aliphatic carbocycles. The number of methoxy groups -OCH3 is 1. The fraction of sp³-hybridized carbons (Fsp3) is 1.00. The molecule has 2 rings (SSSR count). The largest absolute Gasteiger partial charge is 0.359 e. The average molecular weight is 128 g/mol. The quantitative estimate of drug-likeness (QED) is 0.531. The molecule has 2 fully saturated rings. The lowest BCUT2D eigenvalue weighted by Gasteiger charge is -1.98. The van der Waals surface area contributed by atoms with Crippen molar-refractivity contribution in [2.45, 2.75) is 25.4 Å². The van der Waals surface area contributed by atoms with E-state index in [0.717, 1.165) is 0 Å². The van der Waals surface area contributed by atoms with Crippen LogP contribution in [0.25, 0.3) is 0 Å². The van der Waals surface area contributed by atoms with E-state index in [1.165, 1.54) is 19.3 Å². The Bertz CT molecular complexity index is 118. The van der Waals surface area contributed by atoms with Crippen molar-refractivity contribution in [3.8, 4) is 0 Å². The molecule has 1 spiro atoms. The second-order valence-corrected chi connectivity index (χ2v) is 3.13. The van der Waals surface area contributed by atoms with Crippen LogP contribution in [0.3, 0.4) is 0 Å². The lowest BCUT2D eigenvalue weighted by molar-refractivity contribution is -0.0450. The van der Waals surface area contributed by atoms with E-state index in [1.54, 1.807) is 7.11 Å². The summed E-state index contributed by atoms with van der Waals surface area (Å²) in [7, 11) is 1.67. The zero-order chi connectivity index (χ0) is 6.32. The van der Waals surface area contributed by atoms with Crippen molar-refractivity contribution in [2.75, 3.05) is 13.9 Å². The maximum atomic E-state index is 5.36. The number of ether oxygens (including phenoxy) is 2. The first-order valence-corrected chi connectivity index (χ1v) is 3.48. The SMILES string of the molecule is COCO[C@H]1CC12CC2. The van der Waals surface area contributed by atoms with Crippen LogP contribution in [-0.2, 0) is 9.47 Å². The lowest BCUT2D eigenvalue weighted by atomic mass is 10.4. The second-order valence-electron chi connectivity index (χ2n) is 3.13. The van der Waals surface area contributed by atoms with Crippen molar-refractivity contribution in [1.82, 2.24) is 0 Å². The fourth-order valence-corrected chi connectivity index (χ4v) is 1.38. The third kappa shape index (κ3) is 0.864. The molecule has 0 amide bonds. The van der Waals surface area contributed by atoms with Gasteiger partial charge < -0.3 is 9.47 Å². The van der Waals surface area contributed by atoms with Gasteiger partial charge >= 0.3 is 0 Å². The summed E-state index contributed by atoms with van der Waals surface area (Å²) in [6, 6.07) is 0. The molecule has 0 N–H and O–H groups in total. The molecule has 0 saturated heterocycles. The van der Waals surface area contributed by atoms with Crippen molar-refractivity contribution in [3.05, 3.63) is 0 Å². The van der Waals surface area contributed by atoms with E-state index in [0.29, 0.717) is 18.3 Å². The summed E-state index contributed by atoms with van der Waals surface area (Å²) < 4.78 is 10.1. The van der Waals surface area contributed by atoms with Gasteiger partial charge in [0.2, 0.25) is 0 Å². The molecule has 2 heteroatoms. The van der Waals surface area contributed by atoms with E-state index in [4.69, 9.17) is 9.47 Å². The number of hydrogen-bond acceptors (Lipinski definition) is 2. The topological polar surface area (TPSA) is 18.5 Å². The molecule has 0 aromatic heterocycles. The maximum Gasteiger partial charge on any atom is 0.146 e. The van der Waals surface area contributed by atoms with Gasteiger partial charge in [0.05, 0.1) is 6.10 Å². The third-order valence-corrected chi connectivity index (χ3v) is 2.39. The summed E-state index contributed by atoms with van der Waals surface area (Å²) >= 11 is 0. The smallest absolute Gasteiger partial charge is 0.146 e.